The number of amides is 1. The van der Waals surface area contributed by atoms with Gasteiger partial charge in [0.2, 0.25) is 0 Å². The molecule has 1 saturated carbocycles. The number of anilines is 1. The molecule has 11 heteroatoms. The van der Waals surface area contributed by atoms with Gasteiger partial charge in [-0.25, -0.2) is 18.4 Å². The number of sulfone groups is 1. The number of nitrogen functional groups attached to an aromatic ring is 1. The van der Waals surface area contributed by atoms with Gasteiger partial charge in [0.1, 0.15) is 0 Å². The summed E-state index contributed by atoms with van der Waals surface area (Å²) in [6.45, 7) is 4.33. The molecular formula is C24H25N7O3S. The Morgan fingerprint density at radius 2 is 2.00 bits per heavy atom. The Kier molecular flexibility index (Phi) is 4.59. The summed E-state index contributed by atoms with van der Waals surface area (Å²) in [5.74, 6) is 0.516. The molecule has 0 saturated heterocycles. The fraction of sp³-hybridized carbons (Fsp3) is 0.333. The average Bonchev–Trinajstić information content (AvgIpc) is 3.28. The Labute approximate surface area is 202 Å². The van der Waals surface area contributed by atoms with E-state index in [1.165, 1.54) is 0 Å². The van der Waals surface area contributed by atoms with Gasteiger partial charge in [-0.15, -0.1) is 0 Å². The Balaban J connectivity index is 1.53. The van der Waals surface area contributed by atoms with Crippen molar-refractivity contribution in [3.63, 3.8) is 0 Å². The highest BCUT2D eigenvalue weighted by atomic mass is 32.2. The van der Waals surface area contributed by atoms with E-state index < -0.39 is 9.84 Å². The Morgan fingerprint density at radius 3 is 2.66 bits per heavy atom. The van der Waals surface area contributed by atoms with Gasteiger partial charge in [-0.2, -0.15) is 5.10 Å². The molecule has 6 rings (SSSR count). The van der Waals surface area contributed by atoms with Crippen molar-refractivity contribution in [2.24, 2.45) is 5.92 Å². The molecule has 0 bridgehead atoms. The zero-order valence-electron chi connectivity index (χ0n) is 19.6. The molecule has 2 aliphatic rings. The molecule has 1 fully saturated rings. The monoisotopic (exact) mass is 491 g/mol. The zero-order chi connectivity index (χ0) is 24.6. The molecule has 1 aromatic carbocycles. The molecule has 3 N–H and O–H groups in total. The first-order chi connectivity index (χ1) is 16.6. The van der Waals surface area contributed by atoms with Crippen LogP contribution in [0, 0.1) is 12.8 Å². The largest absolute Gasteiger partial charge is 0.381 e. The molecule has 10 nitrogen and oxygen atoms in total. The average molecular weight is 492 g/mol. The number of imidazole rings is 1. The lowest BCUT2D eigenvalue weighted by molar-refractivity contribution is 0.0694. The lowest BCUT2D eigenvalue weighted by Gasteiger charge is -2.24. The minimum absolute atomic E-state index is 0.0448. The first-order valence-corrected chi connectivity index (χ1v) is 13.3. The van der Waals surface area contributed by atoms with E-state index in [1.54, 1.807) is 27.8 Å². The predicted molar refractivity (Wildman–Crippen MR) is 130 cm³/mol. The van der Waals surface area contributed by atoms with Gasteiger partial charge in [0.05, 0.1) is 34.2 Å². The number of aromatic amines is 1. The minimum Gasteiger partial charge on any atom is -0.381 e. The van der Waals surface area contributed by atoms with Crippen molar-refractivity contribution < 1.29 is 13.2 Å². The lowest BCUT2D eigenvalue weighted by atomic mass is 10.0. The summed E-state index contributed by atoms with van der Waals surface area (Å²) in [4.78, 5) is 24.1. The third-order valence-electron chi connectivity index (χ3n) is 7.11. The highest BCUT2D eigenvalue weighted by molar-refractivity contribution is 7.90. The van der Waals surface area contributed by atoms with Crippen LogP contribution in [0.4, 0.5) is 5.82 Å². The number of hydrogen-bond donors (Lipinski definition) is 2. The topological polar surface area (TPSA) is 139 Å². The second-order valence-corrected chi connectivity index (χ2v) is 11.5. The Morgan fingerprint density at radius 1 is 1.23 bits per heavy atom. The normalized spacial score (nSPS) is 16.8. The number of hydrogen-bond acceptors (Lipinski definition) is 7. The van der Waals surface area contributed by atoms with Crippen molar-refractivity contribution in [1.82, 2.24) is 29.5 Å². The SMILES string of the molecule is Cc1[nH]ncc1-c1cn2c(-c3cc4c(c(S(C)(=O)=O)c3)C(=O)N([C@@H](C)C3CC3)C4)cnc2c(N)n1. The van der Waals surface area contributed by atoms with Crippen LogP contribution in [0.15, 0.2) is 35.6 Å². The number of nitrogens with zero attached hydrogens (tertiary/aromatic N) is 5. The fourth-order valence-corrected chi connectivity index (χ4v) is 5.94. The van der Waals surface area contributed by atoms with Gasteiger partial charge in [0.25, 0.3) is 5.91 Å². The summed E-state index contributed by atoms with van der Waals surface area (Å²) in [5.41, 5.74) is 11.3. The van der Waals surface area contributed by atoms with Crippen LogP contribution in [0.25, 0.3) is 28.2 Å². The fourth-order valence-electron chi connectivity index (χ4n) is 5.01. The maximum absolute atomic E-state index is 13.3. The van der Waals surface area contributed by atoms with Crippen LogP contribution in [0.1, 0.15) is 41.4 Å². The van der Waals surface area contributed by atoms with Crippen LogP contribution in [0.5, 0.6) is 0 Å². The summed E-state index contributed by atoms with van der Waals surface area (Å²) in [6, 6.07) is 3.54. The van der Waals surface area contributed by atoms with Gasteiger partial charge in [-0.1, -0.05) is 0 Å². The molecular weight excluding hydrogens is 466 g/mol. The van der Waals surface area contributed by atoms with Crippen molar-refractivity contribution in [3.8, 4) is 22.5 Å². The zero-order valence-corrected chi connectivity index (χ0v) is 20.4. The predicted octanol–water partition coefficient (Wildman–Crippen LogP) is 2.83. The number of benzene rings is 1. The van der Waals surface area contributed by atoms with Crippen molar-refractivity contribution in [2.45, 2.75) is 44.2 Å². The number of rotatable bonds is 5. The van der Waals surface area contributed by atoms with Crippen LogP contribution in [-0.4, -0.2) is 56.1 Å². The smallest absolute Gasteiger partial charge is 0.256 e. The number of nitrogens with one attached hydrogen (secondary N) is 1. The van der Waals surface area contributed by atoms with Crippen molar-refractivity contribution in [1.29, 1.82) is 0 Å². The summed E-state index contributed by atoms with van der Waals surface area (Å²) in [6.07, 6.45) is 8.48. The number of aryl methyl sites for hydroxylation is 1. The second kappa shape index (κ2) is 7.38. The molecule has 0 spiro atoms. The highest BCUT2D eigenvalue weighted by Crippen LogP contribution is 2.41. The van der Waals surface area contributed by atoms with E-state index in [-0.39, 0.29) is 28.2 Å². The third-order valence-corrected chi connectivity index (χ3v) is 8.24. The quantitative estimate of drug-likeness (QED) is 0.437. The lowest BCUT2D eigenvalue weighted by Crippen LogP contribution is -2.35. The van der Waals surface area contributed by atoms with E-state index >= 15 is 0 Å². The van der Waals surface area contributed by atoms with Crippen LogP contribution >= 0.6 is 0 Å². The summed E-state index contributed by atoms with van der Waals surface area (Å²) in [5, 5.41) is 6.96. The molecule has 4 heterocycles. The molecule has 1 atom stereocenters. The first kappa shape index (κ1) is 21.8. The number of nitrogens with two attached hydrogens (primary N) is 1. The van der Waals surface area contributed by atoms with E-state index in [1.807, 2.05) is 26.1 Å². The molecule has 3 aromatic heterocycles. The number of H-pyrrole nitrogens is 1. The minimum atomic E-state index is -3.67. The molecule has 0 radical (unpaired) electrons. The van der Waals surface area contributed by atoms with Gasteiger partial charge in [0, 0.05) is 41.9 Å². The molecule has 180 valence electrons. The molecule has 0 unspecified atom stereocenters. The standard InChI is InChI=1S/C24H25N7O3S/c1-12-17(8-27-29-12)18-11-31-19(9-26-23(31)22(25)28-18)15-6-16-10-30(13(2)14-4-5-14)24(32)21(16)20(7-15)35(3,33)34/h6-9,11,13-14H,4-5,10H2,1-3H3,(H2,25,28)(H,27,29)/t13-/m0/s1. The summed E-state index contributed by atoms with van der Waals surface area (Å²) < 4.78 is 27.4. The van der Waals surface area contributed by atoms with Gasteiger partial charge < -0.3 is 10.6 Å². The molecule has 35 heavy (non-hydrogen) atoms. The van der Waals surface area contributed by atoms with E-state index in [0.717, 1.165) is 30.4 Å². The Hall–Kier alpha value is -3.73. The van der Waals surface area contributed by atoms with Crippen molar-refractivity contribution in [2.75, 3.05) is 12.0 Å². The number of carbonyl (C=O) groups excluding carboxylic acids is 1. The van der Waals surface area contributed by atoms with Crippen LogP contribution in [-0.2, 0) is 16.4 Å². The van der Waals surface area contributed by atoms with Crippen LogP contribution < -0.4 is 5.73 Å². The second-order valence-electron chi connectivity index (χ2n) is 9.55. The molecule has 1 amide bonds. The van der Waals surface area contributed by atoms with E-state index in [9.17, 15) is 13.2 Å². The van der Waals surface area contributed by atoms with E-state index in [4.69, 9.17) is 5.73 Å². The molecule has 4 aromatic rings. The van der Waals surface area contributed by atoms with Gasteiger partial charge in [-0.05, 0) is 50.3 Å². The molecule has 1 aliphatic carbocycles. The summed E-state index contributed by atoms with van der Waals surface area (Å²) in [7, 11) is -3.67. The molecule has 1 aliphatic heterocycles. The van der Waals surface area contributed by atoms with E-state index in [2.05, 4.69) is 20.2 Å². The Bertz CT molecular complexity index is 1630. The first-order valence-electron chi connectivity index (χ1n) is 11.5. The third kappa shape index (κ3) is 3.41. The van der Waals surface area contributed by atoms with Crippen LogP contribution in [0.3, 0.4) is 0 Å². The maximum atomic E-state index is 13.3. The van der Waals surface area contributed by atoms with Crippen molar-refractivity contribution in [3.05, 3.63) is 47.5 Å². The van der Waals surface area contributed by atoms with Crippen molar-refractivity contribution >= 4 is 27.2 Å². The van der Waals surface area contributed by atoms with Crippen LogP contribution in [0.2, 0.25) is 0 Å². The number of aromatic nitrogens is 5. The van der Waals surface area contributed by atoms with E-state index in [0.29, 0.717) is 40.6 Å². The van der Waals surface area contributed by atoms with Gasteiger partial charge in [-0.3, -0.25) is 14.3 Å². The maximum Gasteiger partial charge on any atom is 0.256 e. The summed E-state index contributed by atoms with van der Waals surface area (Å²) >= 11 is 0. The van der Waals surface area contributed by atoms with Gasteiger partial charge >= 0.3 is 0 Å². The number of fused-ring (bicyclic) bond motifs is 2. The van der Waals surface area contributed by atoms with Gasteiger partial charge in [0.15, 0.2) is 21.3 Å². The highest BCUT2D eigenvalue weighted by Gasteiger charge is 2.41. The number of carbonyl (C=O) groups is 1.